The van der Waals surface area contributed by atoms with E-state index >= 15 is 0 Å². The number of rotatable bonds is 3. The van der Waals surface area contributed by atoms with E-state index in [0.717, 1.165) is 30.7 Å². The Bertz CT molecular complexity index is 555. The van der Waals surface area contributed by atoms with Crippen molar-refractivity contribution in [3.05, 3.63) is 29.3 Å². The van der Waals surface area contributed by atoms with Crippen molar-refractivity contribution in [1.82, 2.24) is 4.90 Å². The minimum Gasteiger partial charge on any atom is -0.494 e. The maximum absolute atomic E-state index is 5.95. The van der Waals surface area contributed by atoms with Crippen LogP contribution in [0.2, 0.25) is 0 Å². The zero-order valence-corrected chi connectivity index (χ0v) is 14.1. The van der Waals surface area contributed by atoms with Crippen molar-refractivity contribution >= 4 is 0 Å². The predicted octanol–water partition coefficient (Wildman–Crippen LogP) is 4.16. The fraction of sp³-hybridized carbons (Fsp3) is 0.700. The summed E-state index contributed by atoms with van der Waals surface area (Å²) in [5.41, 5.74) is 3.70. The first-order valence-electron chi connectivity index (χ1n) is 9.21. The molecule has 2 heteroatoms. The monoisotopic (exact) mass is 299 g/mol. The van der Waals surface area contributed by atoms with Gasteiger partial charge in [0, 0.05) is 11.5 Å². The average Bonchev–Trinajstić information content (AvgIpc) is 2.56. The number of benzene rings is 1. The Balaban J connectivity index is 1.77. The SMILES string of the molecule is CCCOc1ccc2c(c1)[C@]13CCCC[C@H]1[C@@H](C2)N(C)CC3. The molecule has 4 rings (SSSR count). The van der Waals surface area contributed by atoms with Crippen molar-refractivity contribution in [2.45, 2.75) is 63.3 Å². The van der Waals surface area contributed by atoms with Gasteiger partial charge in [0.2, 0.25) is 0 Å². The highest BCUT2D eigenvalue weighted by molar-refractivity contribution is 5.45. The highest BCUT2D eigenvalue weighted by Crippen LogP contribution is 2.55. The molecule has 1 saturated heterocycles. The molecule has 22 heavy (non-hydrogen) atoms. The van der Waals surface area contributed by atoms with E-state index in [-0.39, 0.29) is 0 Å². The predicted molar refractivity (Wildman–Crippen MR) is 90.6 cm³/mol. The topological polar surface area (TPSA) is 12.5 Å². The first kappa shape index (κ1) is 14.6. The van der Waals surface area contributed by atoms with Crippen LogP contribution in [0.3, 0.4) is 0 Å². The summed E-state index contributed by atoms with van der Waals surface area (Å²) >= 11 is 0. The quantitative estimate of drug-likeness (QED) is 0.831. The van der Waals surface area contributed by atoms with E-state index in [9.17, 15) is 0 Å². The fourth-order valence-electron chi connectivity index (χ4n) is 5.49. The third-order valence-corrected chi connectivity index (χ3v) is 6.56. The van der Waals surface area contributed by atoms with Crippen molar-refractivity contribution in [2.24, 2.45) is 5.92 Å². The maximum Gasteiger partial charge on any atom is 0.119 e. The zero-order valence-electron chi connectivity index (χ0n) is 14.1. The van der Waals surface area contributed by atoms with Crippen molar-refractivity contribution in [3.8, 4) is 5.75 Å². The smallest absolute Gasteiger partial charge is 0.119 e. The van der Waals surface area contributed by atoms with Gasteiger partial charge in [-0.2, -0.15) is 0 Å². The Kier molecular flexibility index (Phi) is 3.68. The van der Waals surface area contributed by atoms with Crippen LogP contribution in [0.4, 0.5) is 0 Å². The minimum absolute atomic E-state index is 0.453. The summed E-state index contributed by atoms with van der Waals surface area (Å²) in [5, 5.41) is 0. The summed E-state index contributed by atoms with van der Waals surface area (Å²) in [6.07, 6.45) is 9.32. The van der Waals surface area contributed by atoms with Crippen LogP contribution in [-0.4, -0.2) is 31.1 Å². The molecular weight excluding hydrogens is 270 g/mol. The van der Waals surface area contributed by atoms with Gasteiger partial charge >= 0.3 is 0 Å². The molecule has 2 nitrogen and oxygen atoms in total. The van der Waals surface area contributed by atoms with E-state index in [4.69, 9.17) is 4.74 Å². The number of fused-ring (bicyclic) bond motifs is 1. The summed E-state index contributed by atoms with van der Waals surface area (Å²) < 4.78 is 5.95. The van der Waals surface area contributed by atoms with Crippen LogP contribution in [0.5, 0.6) is 5.75 Å². The summed E-state index contributed by atoms with van der Waals surface area (Å²) in [6.45, 7) is 4.27. The Hall–Kier alpha value is -1.02. The van der Waals surface area contributed by atoms with Crippen LogP contribution in [0.15, 0.2) is 18.2 Å². The van der Waals surface area contributed by atoms with E-state index in [0.29, 0.717) is 5.41 Å². The minimum atomic E-state index is 0.453. The summed E-state index contributed by atoms with van der Waals surface area (Å²) in [4.78, 5) is 2.64. The Morgan fingerprint density at radius 3 is 3.05 bits per heavy atom. The third kappa shape index (κ3) is 2.11. The van der Waals surface area contributed by atoms with Crippen LogP contribution >= 0.6 is 0 Å². The van der Waals surface area contributed by atoms with Crippen molar-refractivity contribution in [1.29, 1.82) is 0 Å². The second kappa shape index (κ2) is 5.56. The van der Waals surface area contributed by atoms with Gasteiger partial charge in [-0.1, -0.05) is 25.8 Å². The molecule has 0 radical (unpaired) electrons. The van der Waals surface area contributed by atoms with E-state index in [2.05, 4.69) is 37.1 Å². The van der Waals surface area contributed by atoms with Crippen LogP contribution in [0.25, 0.3) is 0 Å². The number of likely N-dealkylation sites (tertiary alicyclic amines) is 1. The second-order valence-corrected chi connectivity index (χ2v) is 7.68. The van der Waals surface area contributed by atoms with Gasteiger partial charge < -0.3 is 9.64 Å². The molecule has 3 atom stereocenters. The molecule has 2 fully saturated rings. The van der Waals surface area contributed by atoms with Gasteiger partial charge in [-0.05, 0) is 74.9 Å². The molecule has 2 bridgehead atoms. The molecule has 2 aliphatic carbocycles. The largest absolute Gasteiger partial charge is 0.494 e. The van der Waals surface area contributed by atoms with Crippen LogP contribution in [0.1, 0.15) is 56.6 Å². The highest BCUT2D eigenvalue weighted by atomic mass is 16.5. The number of piperidine rings is 1. The lowest BCUT2D eigenvalue weighted by Crippen LogP contribution is -2.59. The Morgan fingerprint density at radius 1 is 1.27 bits per heavy atom. The summed E-state index contributed by atoms with van der Waals surface area (Å²) in [7, 11) is 2.34. The lowest BCUT2D eigenvalue weighted by Gasteiger charge is -2.58. The number of hydrogen-bond acceptors (Lipinski definition) is 2. The first-order valence-corrected chi connectivity index (χ1v) is 9.21. The summed E-state index contributed by atoms with van der Waals surface area (Å²) in [6, 6.07) is 7.73. The molecule has 0 aromatic heterocycles. The van der Waals surface area contributed by atoms with Crippen LogP contribution in [-0.2, 0) is 11.8 Å². The molecule has 1 aromatic carbocycles. The molecule has 1 aliphatic heterocycles. The van der Waals surface area contributed by atoms with Crippen LogP contribution < -0.4 is 4.74 Å². The van der Waals surface area contributed by atoms with Gasteiger partial charge in [-0.25, -0.2) is 0 Å². The molecule has 1 saturated carbocycles. The van der Waals surface area contributed by atoms with Gasteiger partial charge in [0.05, 0.1) is 6.61 Å². The second-order valence-electron chi connectivity index (χ2n) is 7.68. The molecule has 1 aromatic rings. The van der Waals surface area contributed by atoms with Crippen molar-refractivity contribution in [2.75, 3.05) is 20.2 Å². The van der Waals surface area contributed by atoms with Crippen LogP contribution in [0, 0.1) is 5.92 Å². The number of likely N-dealkylation sites (N-methyl/N-ethyl adjacent to an activating group) is 1. The van der Waals surface area contributed by atoms with Crippen molar-refractivity contribution < 1.29 is 4.74 Å². The number of nitrogens with zero attached hydrogens (tertiary/aromatic N) is 1. The zero-order chi connectivity index (χ0) is 15.2. The number of ether oxygens (including phenoxy) is 1. The number of hydrogen-bond donors (Lipinski definition) is 0. The normalized spacial score (nSPS) is 33.9. The molecule has 0 spiro atoms. The average molecular weight is 299 g/mol. The van der Waals surface area contributed by atoms with Gasteiger partial charge in [0.15, 0.2) is 0 Å². The molecule has 0 amide bonds. The molecule has 3 aliphatic rings. The molecule has 0 unspecified atom stereocenters. The van der Waals surface area contributed by atoms with Gasteiger partial charge in [0.25, 0.3) is 0 Å². The Morgan fingerprint density at radius 2 is 2.18 bits per heavy atom. The highest BCUT2D eigenvalue weighted by Gasteiger charge is 2.53. The van der Waals surface area contributed by atoms with E-state index in [1.165, 1.54) is 45.1 Å². The fourth-order valence-corrected chi connectivity index (χ4v) is 5.49. The Labute approximate surface area is 134 Å². The molecule has 0 N–H and O–H groups in total. The molecular formula is C20H29NO. The standard InChI is InChI=1S/C20H29NO/c1-3-12-22-16-8-7-15-13-19-17-6-4-5-9-20(17,18(15)14-16)10-11-21(19)2/h7-8,14,17,19H,3-6,9-13H2,1-2H3/t17-,19+,20-/m0/s1. The van der Waals surface area contributed by atoms with Gasteiger partial charge in [-0.15, -0.1) is 0 Å². The molecule has 1 heterocycles. The summed E-state index contributed by atoms with van der Waals surface area (Å²) in [5.74, 6) is 1.96. The third-order valence-electron chi connectivity index (χ3n) is 6.56. The van der Waals surface area contributed by atoms with Crippen molar-refractivity contribution in [3.63, 3.8) is 0 Å². The maximum atomic E-state index is 5.95. The lowest BCUT2D eigenvalue weighted by atomic mass is 9.52. The van der Waals surface area contributed by atoms with E-state index < -0.39 is 0 Å². The lowest BCUT2D eigenvalue weighted by molar-refractivity contribution is 0.00271. The van der Waals surface area contributed by atoms with Gasteiger partial charge in [-0.3, -0.25) is 0 Å². The van der Waals surface area contributed by atoms with E-state index in [1.807, 2.05) is 0 Å². The van der Waals surface area contributed by atoms with Gasteiger partial charge in [0.1, 0.15) is 5.75 Å². The molecule has 120 valence electrons. The first-order chi connectivity index (χ1) is 10.7. The van der Waals surface area contributed by atoms with E-state index in [1.54, 1.807) is 11.1 Å².